The fourth-order valence-corrected chi connectivity index (χ4v) is 4.41. The van der Waals surface area contributed by atoms with E-state index in [4.69, 9.17) is 4.74 Å². The van der Waals surface area contributed by atoms with Gasteiger partial charge < -0.3 is 10.1 Å². The fraction of sp³-hybridized carbons (Fsp3) is 0.381. The number of rotatable bonds is 8. The normalized spacial score (nSPS) is 13.6. The van der Waals surface area contributed by atoms with Gasteiger partial charge in [-0.3, -0.25) is 4.79 Å². The monoisotopic (exact) mass is 402 g/mol. The summed E-state index contributed by atoms with van der Waals surface area (Å²) in [4.78, 5) is 12.3. The molecule has 3 rings (SSSR count). The number of methoxy groups -OCH3 is 1. The molecule has 2 aromatic carbocycles. The summed E-state index contributed by atoms with van der Waals surface area (Å²) in [5.41, 5.74) is 3.27. The Morgan fingerprint density at radius 3 is 2.64 bits per heavy atom. The van der Waals surface area contributed by atoms with Crippen LogP contribution >= 0.6 is 0 Å². The third-order valence-electron chi connectivity index (χ3n) is 4.90. The molecule has 2 aromatic rings. The number of sulfonamides is 1. The predicted octanol–water partition coefficient (Wildman–Crippen LogP) is 2.56. The lowest BCUT2D eigenvalue weighted by Gasteiger charge is -2.16. The van der Waals surface area contributed by atoms with Crippen LogP contribution in [0, 0.1) is 0 Å². The van der Waals surface area contributed by atoms with Crippen LogP contribution in [-0.4, -0.2) is 28.0 Å². The van der Waals surface area contributed by atoms with Crippen molar-refractivity contribution in [3.8, 4) is 5.75 Å². The van der Waals surface area contributed by atoms with Gasteiger partial charge in [0, 0.05) is 19.5 Å². The summed E-state index contributed by atoms with van der Waals surface area (Å²) in [6.45, 7) is 0.428. The number of hydrogen-bond acceptors (Lipinski definition) is 4. The van der Waals surface area contributed by atoms with Crippen LogP contribution in [0.2, 0.25) is 0 Å². The van der Waals surface area contributed by atoms with E-state index >= 15 is 0 Å². The summed E-state index contributed by atoms with van der Waals surface area (Å²) in [6.07, 6.45) is 4.26. The average molecular weight is 403 g/mol. The Labute approximate surface area is 166 Å². The number of aryl methyl sites for hydroxylation is 2. The topological polar surface area (TPSA) is 84.5 Å². The molecule has 6 nitrogen and oxygen atoms in total. The van der Waals surface area contributed by atoms with Crippen LogP contribution < -0.4 is 14.8 Å². The quantitative estimate of drug-likeness (QED) is 0.711. The second-order valence-corrected chi connectivity index (χ2v) is 8.68. The van der Waals surface area contributed by atoms with Crippen LogP contribution in [-0.2, 0) is 34.2 Å². The van der Waals surface area contributed by atoms with Gasteiger partial charge in [0.2, 0.25) is 15.9 Å². The maximum Gasteiger partial charge on any atom is 0.240 e. The van der Waals surface area contributed by atoms with E-state index in [1.807, 2.05) is 30.3 Å². The second-order valence-electron chi connectivity index (χ2n) is 6.91. The molecule has 0 heterocycles. The van der Waals surface area contributed by atoms with Crippen molar-refractivity contribution in [1.29, 1.82) is 0 Å². The molecule has 28 heavy (non-hydrogen) atoms. The number of carbonyl (C=O) groups excluding carboxylic acids is 1. The lowest BCUT2D eigenvalue weighted by molar-refractivity contribution is -0.121. The number of fused-ring (bicyclic) bond motifs is 1. The summed E-state index contributed by atoms with van der Waals surface area (Å²) in [5, 5.41) is 2.79. The first-order chi connectivity index (χ1) is 13.5. The van der Waals surface area contributed by atoms with Gasteiger partial charge in [0.1, 0.15) is 5.75 Å². The van der Waals surface area contributed by atoms with Gasteiger partial charge in [-0.1, -0.05) is 18.2 Å². The van der Waals surface area contributed by atoms with Crippen LogP contribution in [0.4, 0.5) is 0 Å². The minimum absolute atomic E-state index is 0.0589. The Morgan fingerprint density at radius 2 is 1.86 bits per heavy atom. The zero-order valence-corrected chi connectivity index (χ0v) is 16.8. The number of amides is 1. The molecular weight excluding hydrogens is 376 g/mol. The van der Waals surface area contributed by atoms with Crippen molar-refractivity contribution in [3.05, 3.63) is 59.2 Å². The van der Waals surface area contributed by atoms with Crippen molar-refractivity contribution >= 4 is 15.9 Å². The molecule has 0 bridgehead atoms. The number of ether oxygens (including phenoxy) is 1. The molecule has 0 saturated heterocycles. The van der Waals surface area contributed by atoms with E-state index in [1.54, 1.807) is 19.2 Å². The van der Waals surface area contributed by atoms with Gasteiger partial charge in [-0.25, -0.2) is 13.1 Å². The lowest BCUT2D eigenvalue weighted by atomic mass is 9.92. The molecule has 150 valence electrons. The standard InChI is InChI=1S/C21H26N2O4S/c1-27-19-8-4-5-16(13-19)15-22-21(24)11-12-23-28(25,26)20-10-9-17-6-2-3-7-18(17)14-20/h4-5,8-10,13-14,23H,2-3,6-7,11-12,15H2,1H3,(H,22,24). The van der Waals surface area contributed by atoms with E-state index in [0.29, 0.717) is 6.54 Å². The van der Waals surface area contributed by atoms with Gasteiger partial charge in [-0.15, -0.1) is 0 Å². The lowest BCUT2D eigenvalue weighted by Crippen LogP contribution is -2.30. The first-order valence-corrected chi connectivity index (χ1v) is 11.0. The molecule has 1 amide bonds. The van der Waals surface area contributed by atoms with Crippen LogP contribution in [0.5, 0.6) is 5.75 Å². The largest absolute Gasteiger partial charge is 0.497 e. The van der Waals surface area contributed by atoms with E-state index < -0.39 is 10.0 Å². The zero-order chi connectivity index (χ0) is 20.0. The molecule has 0 unspecified atom stereocenters. The molecule has 0 aromatic heterocycles. The SMILES string of the molecule is COc1cccc(CNC(=O)CCNS(=O)(=O)c2ccc3c(c2)CCCC3)c1. The van der Waals surface area contributed by atoms with Gasteiger partial charge in [-0.2, -0.15) is 0 Å². The van der Waals surface area contributed by atoms with Crippen molar-refractivity contribution in [2.45, 2.75) is 43.5 Å². The summed E-state index contributed by atoms with van der Waals surface area (Å²) in [6, 6.07) is 12.7. The van der Waals surface area contributed by atoms with Gasteiger partial charge >= 0.3 is 0 Å². The number of hydrogen-bond donors (Lipinski definition) is 2. The van der Waals surface area contributed by atoms with Crippen LogP contribution in [0.3, 0.4) is 0 Å². The maximum atomic E-state index is 12.5. The van der Waals surface area contributed by atoms with Crippen molar-refractivity contribution in [1.82, 2.24) is 10.0 Å². The summed E-state index contributed by atoms with van der Waals surface area (Å²) >= 11 is 0. The Kier molecular flexibility index (Phi) is 6.70. The van der Waals surface area contributed by atoms with E-state index in [2.05, 4.69) is 10.0 Å². The van der Waals surface area contributed by atoms with E-state index in [1.165, 1.54) is 5.56 Å². The molecule has 7 heteroatoms. The Bertz CT molecular complexity index is 941. The smallest absolute Gasteiger partial charge is 0.240 e. The number of carbonyl (C=O) groups is 1. The first kappa shape index (κ1) is 20.4. The molecule has 1 aliphatic carbocycles. The Morgan fingerprint density at radius 1 is 1.07 bits per heavy atom. The molecule has 0 aliphatic heterocycles. The van der Waals surface area contributed by atoms with Gasteiger partial charge in [-0.05, 0) is 66.6 Å². The maximum absolute atomic E-state index is 12.5. The highest BCUT2D eigenvalue weighted by molar-refractivity contribution is 7.89. The van der Waals surface area contributed by atoms with Crippen molar-refractivity contribution < 1.29 is 17.9 Å². The first-order valence-electron chi connectivity index (χ1n) is 9.49. The van der Waals surface area contributed by atoms with Gasteiger partial charge in [0.15, 0.2) is 0 Å². The zero-order valence-electron chi connectivity index (χ0n) is 16.0. The molecule has 0 atom stereocenters. The van der Waals surface area contributed by atoms with Crippen molar-refractivity contribution in [2.24, 2.45) is 0 Å². The molecule has 0 spiro atoms. The molecule has 1 aliphatic rings. The van der Waals surface area contributed by atoms with Gasteiger partial charge in [0.25, 0.3) is 0 Å². The molecule has 2 N–H and O–H groups in total. The van der Waals surface area contributed by atoms with Crippen molar-refractivity contribution in [3.63, 3.8) is 0 Å². The third-order valence-corrected chi connectivity index (χ3v) is 6.36. The highest BCUT2D eigenvalue weighted by Crippen LogP contribution is 2.24. The highest BCUT2D eigenvalue weighted by Gasteiger charge is 2.17. The van der Waals surface area contributed by atoms with E-state index in [-0.39, 0.29) is 23.8 Å². The van der Waals surface area contributed by atoms with Gasteiger partial charge in [0.05, 0.1) is 12.0 Å². The third kappa shape index (κ3) is 5.33. The minimum Gasteiger partial charge on any atom is -0.497 e. The Balaban J connectivity index is 1.48. The molecule has 0 radical (unpaired) electrons. The number of benzene rings is 2. The van der Waals surface area contributed by atoms with Crippen molar-refractivity contribution in [2.75, 3.05) is 13.7 Å². The Hall–Kier alpha value is -2.38. The minimum atomic E-state index is -3.61. The predicted molar refractivity (Wildman–Crippen MR) is 108 cm³/mol. The molecule has 0 fully saturated rings. The molecule has 0 saturated carbocycles. The highest BCUT2D eigenvalue weighted by atomic mass is 32.2. The summed E-state index contributed by atoms with van der Waals surface area (Å²) < 4.78 is 32.7. The van der Waals surface area contributed by atoms with Crippen LogP contribution in [0.25, 0.3) is 0 Å². The van der Waals surface area contributed by atoms with Crippen LogP contribution in [0.15, 0.2) is 47.4 Å². The number of nitrogens with one attached hydrogen (secondary N) is 2. The second kappa shape index (κ2) is 9.21. The summed E-state index contributed by atoms with van der Waals surface area (Å²) in [5.74, 6) is 0.514. The fourth-order valence-electron chi connectivity index (χ4n) is 3.33. The van der Waals surface area contributed by atoms with E-state index in [9.17, 15) is 13.2 Å². The molecular formula is C21H26N2O4S. The summed E-state index contributed by atoms with van der Waals surface area (Å²) in [7, 11) is -2.02. The van der Waals surface area contributed by atoms with E-state index in [0.717, 1.165) is 42.6 Å². The van der Waals surface area contributed by atoms with Crippen LogP contribution in [0.1, 0.15) is 36.0 Å². The average Bonchev–Trinajstić information content (AvgIpc) is 2.72.